The molecule has 5 aromatic rings. The van der Waals surface area contributed by atoms with Gasteiger partial charge < -0.3 is 14.4 Å². The lowest BCUT2D eigenvalue weighted by Crippen LogP contribution is -2.26. The van der Waals surface area contributed by atoms with Gasteiger partial charge >= 0.3 is 0 Å². The molecule has 2 aromatic heterocycles. The third kappa shape index (κ3) is 5.27. The lowest BCUT2D eigenvalue weighted by atomic mass is 10.1. The van der Waals surface area contributed by atoms with E-state index in [0.717, 1.165) is 16.7 Å². The van der Waals surface area contributed by atoms with Crippen molar-refractivity contribution in [1.29, 1.82) is 0 Å². The van der Waals surface area contributed by atoms with E-state index < -0.39 is 12.3 Å². The lowest BCUT2D eigenvalue weighted by molar-refractivity contribution is 0.287. The summed E-state index contributed by atoms with van der Waals surface area (Å²) in [5.74, 6) is 0.434. The molecule has 3 aromatic carbocycles. The molecular formula is C31H28FN7O3. The first-order chi connectivity index (χ1) is 20.6. The number of nitrogens with zero attached hydrogens (tertiary/aromatic N) is 6. The van der Waals surface area contributed by atoms with Gasteiger partial charge in [-0.3, -0.25) is 14.7 Å². The summed E-state index contributed by atoms with van der Waals surface area (Å²) in [6.45, 7) is 2.44. The van der Waals surface area contributed by atoms with E-state index in [1.54, 1.807) is 10.6 Å². The number of epoxide rings is 1. The number of halogens is 1. The van der Waals surface area contributed by atoms with E-state index in [1.807, 2.05) is 48.5 Å². The van der Waals surface area contributed by atoms with Crippen LogP contribution in [0.4, 0.5) is 10.3 Å². The molecule has 0 aliphatic carbocycles. The van der Waals surface area contributed by atoms with Gasteiger partial charge in [0.15, 0.2) is 0 Å². The van der Waals surface area contributed by atoms with Crippen molar-refractivity contribution in [3.05, 3.63) is 130 Å². The Bertz CT molecular complexity index is 1750. The lowest BCUT2D eigenvalue weighted by Gasteiger charge is -2.19. The smallest absolute Gasteiger partial charge is 0.297 e. The van der Waals surface area contributed by atoms with Gasteiger partial charge in [0, 0.05) is 26.2 Å². The third-order valence-electron chi connectivity index (χ3n) is 7.42. The van der Waals surface area contributed by atoms with Crippen molar-refractivity contribution in [2.45, 2.75) is 38.6 Å². The van der Waals surface area contributed by atoms with Crippen LogP contribution in [0.1, 0.15) is 28.5 Å². The van der Waals surface area contributed by atoms with Gasteiger partial charge in [0.1, 0.15) is 43.1 Å². The van der Waals surface area contributed by atoms with E-state index in [-0.39, 0.29) is 23.7 Å². The van der Waals surface area contributed by atoms with Crippen LogP contribution in [-0.2, 0) is 31.0 Å². The Morgan fingerprint density at radius 2 is 1.79 bits per heavy atom. The van der Waals surface area contributed by atoms with Gasteiger partial charge in [0.05, 0.1) is 5.69 Å². The van der Waals surface area contributed by atoms with Crippen molar-refractivity contribution in [1.82, 2.24) is 29.6 Å². The number of benzene rings is 3. The molecule has 0 amide bonds. The topological polar surface area (TPSA) is 103 Å². The maximum Gasteiger partial charge on any atom is 0.297 e. The van der Waals surface area contributed by atoms with Crippen molar-refractivity contribution in [3.63, 3.8) is 0 Å². The predicted octanol–water partition coefficient (Wildman–Crippen LogP) is 3.75. The van der Waals surface area contributed by atoms with Crippen molar-refractivity contribution < 1.29 is 13.9 Å². The van der Waals surface area contributed by atoms with E-state index in [2.05, 4.69) is 32.4 Å². The highest BCUT2D eigenvalue weighted by atomic mass is 19.1. The van der Waals surface area contributed by atoms with Crippen molar-refractivity contribution in [3.8, 4) is 11.4 Å². The minimum atomic E-state index is -0.483. The SMILES string of the molecule is O=c1c(OCc2ccccc2)c(C2OC2NCc2ccc(F)cc2-n2cncn2)nc2n1CCN2Cc1ccccc1. The summed E-state index contributed by atoms with van der Waals surface area (Å²) in [5.41, 5.74) is 3.72. The van der Waals surface area contributed by atoms with Crippen LogP contribution in [-0.4, -0.2) is 37.1 Å². The van der Waals surface area contributed by atoms with Gasteiger partial charge in [-0.25, -0.2) is 19.0 Å². The van der Waals surface area contributed by atoms with Crippen molar-refractivity contribution >= 4 is 5.95 Å². The maximum atomic E-state index is 14.0. The minimum absolute atomic E-state index is 0.198. The van der Waals surface area contributed by atoms with Crippen LogP contribution in [0, 0.1) is 5.82 Å². The Kier molecular flexibility index (Phi) is 6.94. The highest BCUT2D eigenvalue weighted by Gasteiger charge is 2.45. The molecule has 11 heteroatoms. The number of hydrogen-bond acceptors (Lipinski definition) is 8. The van der Waals surface area contributed by atoms with E-state index in [0.29, 0.717) is 43.5 Å². The maximum absolute atomic E-state index is 14.0. The highest BCUT2D eigenvalue weighted by molar-refractivity contribution is 5.44. The van der Waals surface area contributed by atoms with Crippen molar-refractivity contribution in [2.24, 2.45) is 0 Å². The summed E-state index contributed by atoms with van der Waals surface area (Å²) in [4.78, 5) is 24.8. The van der Waals surface area contributed by atoms with E-state index in [9.17, 15) is 9.18 Å². The average Bonchev–Trinajstić information content (AvgIpc) is 3.36. The Morgan fingerprint density at radius 1 is 1.00 bits per heavy atom. The Hall–Kier alpha value is -4.87. The molecule has 1 fully saturated rings. The minimum Gasteiger partial charge on any atom is -0.482 e. The van der Waals surface area contributed by atoms with Crippen LogP contribution in [0.15, 0.2) is 96.3 Å². The second kappa shape index (κ2) is 11.2. The predicted molar refractivity (Wildman–Crippen MR) is 153 cm³/mol. The fraction of sp³-hybridized carbons (Fsp3) is 0.226. The summed E-state index contributed by atoms with van der Waals surface area (Å²) in [6, 6.07) is 24.3. The van der Waals surface area contributed by atoms with Gasteiger partial charge in [-0.2, -0.15) is 5.10 Å². The number of anilines is 1. The van der Waals surface area contributed by atoms with Gasteiger partial charge in [-0.15, -0.1) is 0 Å². The van der Waals surface area contributed by atoms with Crippen LogP contribution in [0.3, 0.4) is 0 Å². The highest BCUT2D eigenvalue weighted by Crippen LogP contribution is 2.41. The van der Waals surface area contributed by atoms with Crippen LogP contribution in [0.2, 0.25) is 0 Å². The Balaban J connectivity index is 1.15. The van der Waals surface area contributed by atoms with E-state index >= 15 is 0 Å². The molecule has 0 spiro atoms. The van der Waals surface area contributed by atoms with Gasteiger partial charge in [0.25, 0.3) is 5.56 Å². The second-order valence-electron chi connectivity index (χ2n) is 10.2. The number of rotatable bonds is 10. The standard InChI is InChI=1S/C31H28FN7O3/c32-24-12-11-23(25(15-24)39-20-33-19-35-39)16-34-29-27(42-29)26-28(41-18-22-9-5-2-6-10-22)30(40)38-14-13-37(31(38)36-26)17-21-7-3-1-4-8-21/h1-12,15,19-20,27,29,34H,13-14,16-18H2. The molecule has 2 atom stereocenters. The molecule has 42 heavy (non-hydrogen) atoms. The van der Waals surface area contributed by atoms with Crippen molar-refractivity contribution in [2.75, 3.05) is 11.4 Å². The zero-order valence-corrected chi connectivity index (χ0v) is 22.6. The molecule has 212 valence electrons. The molecule has 4 heterocycles. The molecule has 7 rings (SSSR count). The van der Waals surface area contributed by atoms with Crippen LogP contribution in [0.25, 0.3) is 5.69 Å². The average molecular weight is 566 g/mol. The summed E-state index contributed by atoms with van der Waals surface area (Å²) < 4.78 is 29.4. The molecule has 2 aliphatic rings. The van der Waals surface area contributed by atoms with E-state index in [1.165, 1.54) is 29.5 Å². The largest absolute Gasteiger partial charge is 0.482 e. The van der Waals surface area contributed by atoms with Gasteiger partial charge in [-0.05, 0) is 28.8 Å². The van der Waals surface area contributed by atoms with E-state index in [4.69, 9.17) is 14.5 Å². The molecule has 0 bridgehead atoms. The van der Waals surface area contributed by atoms with Crippen LogP contribution in [0.5, 0.6) is 5.75 Å². The summed E-state index contributed by atoms with van der Waals surface area (Å²) >= 11 is 0. The number of aromatic nitrogens is 5. The monoisotopic (exact) mass is 565 g/mol. The molecular weight excluding hydrogens is 537 g/mol. The van der Waals surface area contributed by atoms with Gasteiger partial charge in [0.2, 0.25) is 11.7 Å². The Labute approximate surface area is 241 Å². The molecule has 10 nitrogen and oxygen atoms in total. The fourth-order valence-corrected chi connectivity index (χ4v) is 5.24. The molecule has 2 unspecified atom stereocenters. The number of ether oxygens (including phenoxy) is 2. The van der Waals surface area contributed by atoms with Crippen LogP contribution >= 0.6 is 0 Å². The third-order valence-corrected chi connectivity index (χ3v) is 7.42. The van der Waals surface area contributed by atoms with Gasteiger partial charge in [-0.1, -0.05) is 66.7 Å². The first-order valence-corrected chi connectivity index (χ1v) is 13.8. The number of nitrogens with one attached hydrogen (secondary N) is 1. The molecule has 0 saturated carbocycles. The number of hydrogen-bond donors (Lipinski definition) is 1. The summed E-state index contributed by atoms with van der Waals surface area (Å²) in [7, 11) is 0. The zero-order chi connectivity index (χ0) is 28.5. The number of fused-ring (bicyclic) bond motifs is 1. The van der Waals surface area contributed by atoms with Crippen LogP contribution < -0.4 is 20.5 Å². The second-order valence-corrected chi connectivity index (χ2v) is 10.2. The zero-order valence-electron chi connectivity index (χ0n) is 22.6. The first-order valence-electron chi connectivity index (χ1n) is 13.8. The normalized spacial score (nSPS) is 17.3. The molecule has 0 radical (unpaired) electrons. The summed E-state index contributed by atoms with van der Waals surface area (Å²) in [6.07, 6.45) is 2.03. The fourth-order valence-electron chi connectivity index (χ4n) is 5.24. The first kappa shape index (κ1) is 26.1. The summed E-state index contributed by atoms with van der Waals surface area (Å²) in [5, 5.41) is 7.50. The molecule has 1 saturated heterocycles. The molecule has 1 N–H and O–H groups in total. The Morgan fingerprint density at radius 3 is 2.55 bits per heavy atom. The quantitative estimate of drug-likeness (QED) is 0.256. The molecule has 2 aliphatic heterocycles.